The van der Waals surface area contributed by atoms with Gasteiger partial charge < -0.3 is 39.7 Å². The van der Waals surface area contributed by atoms with E-state index in [-0.39, 0.29) is 69.3 Å². The number of fused-ring (bicyclic) bond motifs is 1. The molecule has 2 saturated heterocycles. The molecule has 2 aliphatic heterocycles. The molecule has 1 aliphatic carbocycles. The highest BCUT2D eigenvalue weighted by Gasteiger charge is 2.58. The lowest BCUT2D eigenvalue weighted by atomic mass is 10.1. The van der Waals surface area contributed by atoms with Crippen LogP contribution in [0.2, 0.25) is 5.02 Å². The molecular formula is C31H35ClF2N7O5+. The van der Waals surface area contributed by atoms with Crippen LogP contribution in [0, 0.1) is 23.5 Å². The minimum atomic E-state index is -1.15. The number of hydrogen-bond acceptors (Lipinski definition) is 6. The number of nitrogens with zero attached hydrogens (tertiary/aromatic N) is 4. The summed E-state index contributed by atoms with van der Waals surface area (Å²) in [7, 11) is 6.76. The number of anilines is 1. The molecule has 12 nitrogen and oxygen atoms in total. The van der Waals surface area contributed by atoms with E-state index in [0.29, 0.717) is 36.3 Å². The molecule has 4 amide bonds. The molecule has 1 aromatic heterocycles. The number of hydrogen-bond donors (Lipinski definition) is 4. The number of carbonyl (C=O) groups excluding carboxylic acids is 3. The van der Waals surface area contributed by atoms with Gasteiger partial charge in [0.15, 0.2) is 17.4 Å². The van der Waals surface area contributed by atoms with E-state index < -0.39 is 23.6 Å². The number of methoxy groups -OCH3 is 1. The van der Waals surface area contributed by atoms with E-state index in [0.717, 1.165) is 0 Å². The third kappa shape index (κ3) is 5.87. The van der Waals surface area contributed by atoms with E-state index in [9.17, 15) is 28.3 Å². The van der Waals surface area contributed by atoms with Crippen LogP contribution in [0.1, 0.15) is 21.0 Å². The van der Waals surface area contributed by atoms with Crippen molar-refractivity contribution < 1.29 is 37.5 Å². The van der Waals surface area contributed by atoms with Gasteiger partial charge in [-0.25, -0.2) is 14.2 Å². The molecule has 244 valence electrons. The van der Waals surface area contributed by atoms with Crippen molar-refractivity contribution in [2.45, 2.75) is 18.2 Å². The molecule has 4 N–H and O–H groups in total. The van der Waals surface area contributed by atoms with Gasteiger partial charge in [-0.2, -0.15) is 4.39 Å². The second kappa shape index (κ2) is 11.8. The fourth-order valence-corrected chi connectivity index (χ4v) is 6.88. The van der Waals surface area contributed by atoms with Gasteiger partial charge in [0.05, 0.1) is 43.7 Å². The smallest absolute Gasteiger partial charge is 0.317 e. The quantitative estimate of drug-likeness (QED) is 0.288. The van der Waals surface area contributed by atoms with Crippen molar-refractivity contribution >= 4 is 35.1 Å². The number of benzene rings is 2. The average Bonchev–Trinajstić information content (AvgIpc) is 3.30. The number of ether oxygens (including phenoxy) is 1. The summed E-state index contributed by atoms with van der Waals surface area (Å²) in [5.74, 6) is -3.30. The highest BCUT2D eigenvalue weighted by molar-refractivity contribution is 6.34. The standard InChI is InChI=1S/C31H34ClF2N7O5/c1-39-22(17-7-8-24(46-4)26(34)25(17)33)10-35-28(39)30(44)36-15-5-6-16(20(32)9-15)29(43)38-27-18-11-40(12-19(18)27)31(45)37-21-13-41(2,3)14-23(21)42/h5-10,18-19,21,23,27,42H,11-14H2,1-4H3,(H2-,36,37,38,43,44,45)/p+1/t18-,19+,21-,23-,27?/m1/s1. The van der Waals surface area contributed by atoms with E-state index in [1.807, 2.05) is 14.1 Å². The Morgan fingerprint density at radius 3 is 2.39 bits per heavy atom. The second-order valence-corrected chi connectivity index (χ2v) is 13.2. The molecule has 0 bridgehead atoms. The zero-order valence-corrected chi connectivity index (χ0v) is 26.4. The fraction of sp³-hybridized carbons (Fsp3) is 0.419. The molecule has 3 aromatic rings. The van der Waals surface area contributed by atoms with Crippen LogP contribution in [0.25, 0.3) is 11.3 Å². The van der Waals surface area contributed by atoms with Crippen LogP contribution < -0.4 is 20.7 Å². The first-order chi connectivity index (χ1) is 21.8. The van der Waals surface area contributed by atoms with Crippen molar-refractivity contribution in [2.24, 2.45) is 18.9 Å². The number of urea groups is 1. The summed E-state index contributed by atoms with van der Waals surface area (Å²) in [6.45, 7) is 2.27. The monoisotopic (exact) mass is 658 g/mol. The van der Waals surface area contributed by atoms with E-state index in [1.165, 1.54) is 55.3 Å². The van der Waals surface area contributed by atoms with Crippen molar-refractivity contribution in [3.05, 3.63) is 64.6 Å². The van der Waals surface area contributed by atoms with Crippen LogP contribution in [0.15, 0.2) is 36.5 Å². The van der Waals surface area contributed by atoms with Crippen molar-refractivity contribution in [3.63, 3.8) is 0 Å². The van der Waals surface area contributed by atoms with Crippen LogP contribution >= 0.6 is 11.6 Å². The molecule has 1 saturated carbocycles. The number of likely N-dealkylation sites (N-methyl/N-ethyl adjacent to an activating group) is 1. The number of rotatable bonds is 7. The number of aromatic nitrogens is 2. The lowest BCUT2D eigenvalue weighted by Gasteiger charge is -2.25. The Bertz CT molecular complexity index is 1720. The Morgan fingerprint density at radius 2 is 1.76 bits per heavy atom. The number of carbonyl (C=O) groups is 3. The van der Waals surface area contributed by atoms with Gasteiger partial charge in [-0.3, -0.25) is 9.59 Å². The maximum absolute atomic E-state index is 14.6. The van der Waals surface area contributed by atoms with Gasteiger partial charge >= 0.3 is 6.03 Å². The SMILES string of the molecule is COc1ccc(-c2cnc(C(=O)Nc3ccc(C(=O)NC4[C@H]5CN(C(=O)N[C@@H]6C[N+](C)(C)C[C@H]6O)C[C@@H]45)c(Cl)c3)n2C)c(F)c1F. The summed E-state index contributed by atoms with van der Waals surface area (Å²) < 4.78 is 35.7. The van der Waals surface area contributed by atoms with Gasteiger partial charge in [0.25, 0.3) is 11.8 Å². The van der Waals surface area contributed by atoms with Crippen LogP contribution in [-0.4, -0.2) is 107 Å². The van der Waals surface area contributed by atoms with E-state index in [4.69, 9.17) is 16.3 Å². The summed E-state index contributed by atoms with van der Waals surface area (Å²) in [6.07, 6.45) is 0.678. The van der Waals surface area contributed by atoms with Gasteiger partial charge in [0.2, 0.25) is 5.82 Å². The number of amides is 4. The Hall–Kier alpha value is -4.27. The molecule has 6 rings (SSSR count). The first-order valence-electron chi connectivity index (χ1n) is 14.8. The first kappa shape index (κ1) is 31.7. The lowest BCUT2D eigenvalue weighted by Crippen LogP contribution is -2.50. The molecule has 15 heteroatoms. The molecule has 5 atom stereocenters. The third-order valence-corrected chi connectivity index (χ3v) is 9.44. The van der Waals surface area contributed by atoms with Gasteiger partial charge in [-0.15, -0.1) is 0 Å². The van der Waals surface area contributed by atoms with Crippen molar-refractivity contribution in [1.29, 1.82) is 0 Å². The molecule has 3 aliphatic rings. The Kier molecular flexibility index (Phi) is 8.15. The summed E-state index contributed by atoms with van der Waals surface area (Å²) in [4.78, 5) is 44.6. The minimum Gasteiger partial charge on any atom is -0.494 e. The maximum atomic E-state index is 14.6. The topological polar surface area (TPSA) is 138 Å². The van der Waals surface area contributed by atoms with Crippen LogP contribution in [0.4, 0.5) is 19.3 Å². The molecule has 3 heterocycles. The predicted molar refractivity (Wildman–Crippen MR) is 164 cm³/mol. The number of imidazole rings is 1. The number of piperidine rings is 1. The third-order valence-electron chi connectivity index (χ3n) is 9.13. The van der Waals surface area contributed by atoms with E-state index >= 15 is 0 Å². The fourth-order valence-electron chi connectivity index (χ4n) is 6.61. The molecule has 0 spiro atoms. The first-order valence-corrected chi connectivity index (χ1v) is 15.2. The Morgan fingerprint density at radius 1 is 1.04 bits per heavy atom. The van der Waals surface area contributed by atoms with E-state index in [1.54, 1.807) is 4.90 Å². The van der Waals surface area contributed by atoms with Crippen molar-refractivity contribution in [3.8, 4) is 17.0 Å². The van der Waals surface area contributed by atoms with E-state index in [2.05, 4.69) is 20.9 Å². The number of aliphatic hydroxyl groups is 1. The molecule has 0 radical (unpaired) electrons. The zero-order valence-electron chi connectivity index (χ0n) is 25.7. The molecular weight excluding hydrogens is 624 g/mol. The summed E-state index contributed by atoms with van der Waals surface area (Å²) in [6, 6.07) is 6.51. The number of aliphatic hydroxyl groups excluding tert-OH is 1. The van der Waals surface area contributed by atoms with Gasteiger partial charge in [0.1, 0.15) is 25.2 Å². The van der Waals surface area contributed by atoms with Crippen molar-refractivity contribution in [1.82, 2.24) is 25.1 Å². The normalized spacial score (nSPS) is 24.3. The maximum Gasteiger partial charge on any atom is 0.317 e. The average molecular weight is 659 g/mol. The summed E-state index contributed by atoms with van der Waals surface area (Å²) >= 11 is 6.42. The minimum absolute atomic E-state index is 0.0611. The summed E-state index contributed by atoms with van der Waals surface area (Å²) in [5.41, 5.74) is 0.622. The molecule has 1 unspecified atom stereocenters. The van der Waals surface area contributed by atoms with Crippen LogP contribution in [0.3, 0.4) is 0 Å². The number of nitrogens with one attached hydrogen (secondary N) is 3. The number of quaternary nitrogens is 1. The van der Waals surface area contributed by atoms with Crippen molar-refractivity contribution in [2.75, 3.05) is 52.7 Å². The Balaban J connectivity index is 1.03. The Labute approximate surface area is 268 Å². The molecule has 3 fully saturated rings. The van der Waals surface area contributed by atoms with Gasteiger partial charge in [0, 0.05) is 49.3 Å². The van der Waals surface area contributed by atoms with Crippen LogP contribution in [0.5, 0.6) is 5.75 Å². The molecule has 46 heavy (non-hydrogen) atoms. The molecule has 2 aromatic carbocycles. The number of halogens is 3. The zero-order chi connectivity index (χ0) is 33.1. The highest BCUT2D eigenvalue weighted by atomic mass is 35.5. The summed E-state index contributed by atoms with van der Waals surface area (Å²) in [5, 5.41) is 19.0. The lowest BCUT2D eigenvalue weighted by molar-refractivity contribution is -0.879. The van der Waals surface area contributed by atoms with Gasteiger partial charge in [-0.05, 0) is 30.3 Å². The highest BCUT2D eigenvalue weighted by Crippen LogP contribution is 2.45. The second-order valence-electron chi connectivity index (χ2n) is 12.8. The number of likely N-dealkylation sites (tertiary alicyclic amines) is 2. The van der Waals surface area contributed by atoms with Crippen LogP contribution in [-0.2, 0) is 7.05 Å². The predicted octanol–water partition coefficient (Wildman–Crippen LogP) is 2.47. The largest absolute Gasteiger partial charge is 0.494 e. The van der Waals surface area contributed by atoms with Gasteiger partial charge in [-0.1, -0.05) is 11.6 Å².